The van der Waals surface area contributed by atoms with Crippen LogP contribution in [-0.2, 0) is 26.0 Å². The van der Waals surface area contributed by atoms with Crippen LogP contribution < -0.4 is 15.4 Å². The Morgan fingerprint density at radius 2 is 1.82 bits per heavy atom. The first-order chi connectivity index (χ1) is 18.4. The number of hydrogen-bond donors (Lipinski definition) is 4. The third-order valence-corrected chi connectivity index (χ3v) is 10.1. The molecule has 2 aromatic rings. The summed E-state index contributed by atoms with van der Waals surface area (Å²) in [6, 6.07) is 12.9. The van der Waals surface area contributed by atoms with Crippen LogP contribution in [0.1, 0.15) is 52.0 Å². The van der Waals surface area contributed by atoms with Gasteiger partial charge < -0.3 is 15.7 Å². The summed E-state index contributed by atoms with van der Waals surface area (Å²) in [5, 5.41) is 15.4. The number of carbonyl (C=O) groups is 3. The number of carbonyl (C=O) groups excluding carboxylic acids is 2. The summed E-state index contributed by atoms with van der Waals surface area (Å²) >= 11 is 0. The fourth-order valence-electron chi connectivity index (χ4n) is 6.13. The molecule has 0 spiro atoms. The average Bonchev–Trinajstić information content (AvgIpc) is 3.21. The van der Waals surface area contributed by atoms with Crippen LogP contribution in [0.4, 0.5) is 10.5 Å². The number of carboxylic acid groups (broad SMARTS) is 1. The highest BCUT2D eigenvalue weighted by Gasteiger charge is 2.65. The lowest BCUT2D eigenvalue weighted by molar-refractivity contribution is -0.138. The van der Waals surface area contributed by atoms with Gasteiger partial charge in [0.05, 0.1) is 5.75 Å². The lowest BCUT2D eigenvalue weighted by atomic mass is 9.70. The number of sulfonamides is 1. The molecule has 4 N–H and O–H groups in total. The molecule has 0 aliphatic heterocycles. The predicted molar refractivity (Wildman–Crippen MR) is 150 cm³/mol. The van der Waals surface area contributed by atoms with Gasteiger partial charge in [-0.1, -0.05) is 57.2 Å². The number of amides is 2. The van der Waals surface area contributed by atoms with Gasteiger partial charge in [-0.3, -0.25) is 9.59 Å². The summed E-state index contributed by atoms with van der Waals surface area (Å²) in [5.74, 6) is -1.52. The smallest absolute Gasteiger partial charge is 0.322 e. The number of aliphatic carboxylic acids is 1. The summed E-state index contributed by atoms with van der Waals surface area (Å²) in [6.07, 6.45) is 2.52. The molecule has 0 aromatic heterocycles. The van der Waals surface area contributed by atoms with Crippen LogP contribution in [0.5, 0.6) is 0 Å². The zero-order valence-corrected chi connectivity index (χ0v) is 23.4. The second kappa shape index (κ2) is 11.1. The molecule has 4 rings (SSSR count). The van der Waals surface area contributed by atoms with Crippen molar-refractivity contribution in [2.45, 2.75) is 58.9 Å². The summed E-state index contributed by atoms with van der Waals surface area (Å²) in [5.41, 5.74) is 1.62. The van der Waals surface area contributed by atoms with E-state index in [9.17, 15) is 27.9 Å². The lowest BCUT2D eigenvalue weighted by Crippen LogP contribution is -2.49. The molecule has 2 fully saturated rings. The zero-order chi connectivity index (χ0) is 28.4. The first-order valence-corrected chi connectivity index (χ1v) is 15.0. The first-order valence-electron chi connectivity index (χ1n) is 13.4. The third kappa shape index (κ3) is 6.01. The Hall–Kier alpha value is -3.24. The minimum Gasteiger partial charge on any atom is -0.480 e. The molecule has 0 radical (unpaired) electrons. The maximum Gasteiger partial charge on any atom is 0.322 e. The SMILES string of the molecule is CCCNC(=O)Nc1cccc(-c2ccc(C[C@H](NS(=O)(=O)CC34CCC(CC3=O)C4(C)C)C(=O)O)cc2)c1. The van der Waals surface area contributed by atoms with Crippen LogP contribution in [-0.4, -0.2) is 49.6 Å². The molecular weight excluding hydrogens is 518 g/mol. The molecule has 39 heavy (non-hydrogen) atoms. The lowest BCUT2D eigenvalue weighted by Gasteiger charge is -2.36. The van der Waals surface area contributed by atoms with Gasteiger partial charge in [-0.25, -0.2) is 17.9 Å². The van der Waals surface area contributed by atoms with Crippen LogP contribution in [0.15, 0.2) is 48.5 Å². The summed E-state index contributed by atoms with van der Waals surface area (Å²) in [4.78, 5) is 36.8. The predicted octanol–water partition coefficient (Wildman–Crippen LogP) is 4.20. The molecule has 2 amide bonds. The molecule has 2 aliphatic carbocycles. The molecule has 10 heteroatoms. The van der Waals surface area contributed by atoms with E-state index in [0.29, 0.717) is 30.6 Å². The van der Waals surface area contributed by atoms with Crippen molar-refractivity contribution in [1.82, 2.24) is 10.0 Å². The number of nitrogens with one attached hydrogen (secondary N) is 3. The van der Waals surface area contributed by atoms with Gasteiger partial charge in [0.25, 0.3) is 0 Å². The van der Waals surface area contributed by atoms with Crippen molar-refractivity contribution >= 4 is 33.5 Å². The van der Waals surface area contributed by atoms with E-state index in [1.165, 1.54) is 0 Å². The van der Waals surface area contributed by atoms with Crippen molar-refractivity contribution in [1.29, 1.82) is 0 Å². The van der Waals surface area contributed by atoms with E-state index in [0.717, 1.165) is 24.0 Å². The highest BCUT2D eigenvalue weighted by Crippen LogP contribution is 2.64. The van der Waals surface area contributed by atoms with Crippen LogP contribution in [0.25, 0.3) is 11.1 Å². The molecule has 3 atom stereocenters. The molecule has 0 heterocycles. The van der Waals surface area contributed by atoms with Gasteiger partial charge in [-0.05, 0) is 65.8 Å². The molecule has 210 valence electrons. The van der Waals surface area contributed by atoms with E-state index in [1.807, 2.05) is 51.1 Å². The second-order valence-electron chi connectivity index (χ2n) is 11.3. The number of benzene rings is 2. The van der Waals surface area contributed by atoms with Crippen molar-refractivity contribution < 1.29 is 27.9 Å². The quantitative estimate of drug-likeness (QED) is 0.328. The first kappa shape index (κ1) is 28.8. The number of hydrogen-bond acceptors (Lipinski definition) is 5. The number of carboxylic acids is 1. The third-order valence-electron chi connectivity index (χ3n) is 8.58. The topological polar surface area (TPSA) is 142 Å². The Labute approximate surface area is 229 Å². The fourth-order valence-corrected chi connectivity index (χ4v) is 8.16. The van der Waals surface area contributed by atoms with Gasteiger partial charge >= 0.3 is 12.0 Å². The van der Waals surface area contributed by atoms with Gasteiger partial charge in [0.15, 0.2) is 0 Å². The maximum absolute atomic E-state index is 13.2. The van der Waals surface area contributed by atoms with Crippen molar-refractivity contribution in [2.24, 2.45) is 16.7 Å². The van der Waals surface area contributed by atoms with Gasteiger partial charge in [0, 0.05) is 24.1 Å². The van der Waals surface area contributed by atoms with E-state index in [-0.39, 0.29) is 29.9 Å². The number of Topliss-reactive ketones (excluding diaryl/α,β-unsaturated/α-hetero) is 1. The van der Waals surface area contributed by atoms with E-state index < -0.39 is 32.9 Å². The minimum absolute atomic E-state index is 0.0301. The van der Waals surface area contributed by atoms with Crippen molar-refractivity contribution in [3.05, 3.63) is 54.1 Å². The number of urea groups is 1. The largest absolute Gasteiger partial charge is 0.480 e. The Bertz CT molecular complexity index is 1360. The van der Waals surface area contributed by atoms with Gasteiger partial charge in [0.1, 0.15) is 11.8 Å². The molecule has 2 saturated carbocycles. The normalized spacial score (nSPS) is 22.4. The monoisotopic (exact) mass is 555 g/mol. The average molecular weight is 556 g/mol. The van der Waals surface area contributed by atoms with Crippen LogP contribution in [0.2, 0.25) is 0 Å². The van der Waals surface area contributed by atoms with Crippen molar-refractivity contribution in [2.75, 3.05) is 17.6 Å². The molecule has 2 aliphatic rings. The van der Waals surface area contributed by atoms with Crippen LogP contribution >= 0.6 is 0 Å². The number of rotatable bonds is 11. The van der Waals surface area contributed by atoms with E-state index >= 15 is 0 Å². The Morgan fingerprint density at radius 3 is 2.41 bits per heavy atom. The molecular formula is C29H37N3O6S. The van der Waals surface area contributed by atoms with Gasteiger partial charge in [-0.15, -0.1) is 0 Å². The Balaban J connectivity index is 1.43. The number of fused-ring (bicyclic) bond motifs is 2. The van der Waals surface area contributed by atoms with Gasteiger partial charge in [0.2, 0.25) is 10.0 Å². The Morgan fingerprint density at radius 1 is 1.10 bits per heavy atom. The van der Waals surface area contributed by atoms with E-state index in [2.05, 4.69) is 15.4 Å². The summed E-state index contributed by atoms with van der Waals surface area (Å²) < 4.78 is 28.7. The van der Waals surface area contributed by atoms with Crippen molar-refractivity contribution in [3.8, 4) is 11.1 Å². The number of anilines is 1. The standard InChI is InChI=1S/C29H37N3O6S/c1-4-14-30-27(36)31-23-7-5-6-21(16-23)20-10-8-19(9-11-20)15-24(26(34)35)32-39(37,38)18-29-13-12-22(17-25(29)33)28(29,2)3/h5-11,16,22,24,32H,4,12-15,17-18H2,1-3H3,(H,34,35)(H2,30,31,36)/t22?,24-,29?/m0/s1. The van der Waals surface area contributed by atoms with Gasteiger partial charge in [-0.2, -0.15) is 0 Å². The fraction of sp³-hybridized carbons (Fsp3) is 0.483. The van der Waals surface area contributed by atoms with E-state index in [4.69, 9.17) is 0 Å². The van der Waals surface area contributed by atoms with Crippen molar-refractivity contribution in [3.63, 3.8) is 0 Å². The molecule has 9 nitrogen and oxygen atoms in total. The zero-order valence-electron chi connectivity index (χ0n) is 22.6. The molecule has 0 saturated heterocycles. The maximum atomic E-state index is 13.2. The Kier molecular flexibility index (Phi) is 8.18. The molecule has 2 aromatic carbocycles. The molecule has 2 bridgehead atoms. The summed E-state index contributed by atoms with van der Waals surface area (Å²) in [6.45, 7) is 6.46. The van der Waals surface area contributed by atoms with E-state index in [1.54, 1.807) is 18.2 Å². The highest BCUT2D eigenvalue weighted by atomic mass is 32.2. The summed E-state index contributed by atoms with van der Waals surface area (Å²) in [7, 11) is -4.04. The number of ketones is 1. The van der Waals surface area contributed by atoms with Crippen LogP contribution in [0.3, 0.4) is 0 Å². The minimum atomic E-state index is -4.04. The van der Waals surface area contributed by atoms with Crippen LogP contribution in [0, 0.1) is 16.7 Å². The second-order valence-corrected chi connectivity index (χ2v) is 13.1. The molecule has 2 unspecified atom stereocenters. The highest BCUT2D eigenvalue weighted by molar-refractivity contribution is 7.89.